The van der Waals surface area contributed by atoms with Crippen molar-refractivity contribution in [2.45, 2.75) is 6.42 Å². The van der Waals surface area contributed by atoms with Crippen LogP contribution in [0.4, 0.5) is 5.82 Å². The number of sulfonamides is 1. The van der Waals surface area contributed by atoms with Crippen molar-refractivity contribution >= 4 is 50.6 Å². The molecule has 27 heavy (non-hydrogen) atoms. The van der Waals surface area contributed by atoms with Crippen molar-refractivity contribution in [3.63, 3.8) is 0 Å². The number of nitrogens with one attached hydrogen (secondary N) is 1. The quantitative estimate of drug-likeness (QED) is 0.690. The third-order valence-electron chi connectivity index (χ3n) is 3.77. The van der Waals surface area contributed by atoms with E-state index in [2.05, 4.69) is 9.71 Å². The summed E-state index contributed by atoms with van der Waals surface area (Å²) in [6, 6.07) is 6.40. The summed E-state index contributed by atoms with van der Waals surface area (Å²) in [5.74, 6) is -1.01. The second kappa shape index (κ2) is 7.67. The number of aromatic nitrogens is 1. The first-order valence-corrected chi connectivity index (χ1v) is 10.6. The van der Waals surface area contributed by atoms with Crippen molar-refractivity contribution in [3.05, 3.63) is 57.0 Å². The molecule has 3 N–H and O–H groups in total. The Balaban J connectivity index is 1.62. The fraction of sp³-hybridized carbons (Fsp3) is 0.188. The molecule has 2 aromatic rings. The minimum atomic E-state index is -3.69. The summed E-state index contributed by atoms with van der Waals surface area (Å²) in [4.78, 5) is 29.7. The molecule has 8 nitrogen and oxygen atoms in total. The normalized spacial score (nSPS) is 14.3. The minimum absolute atomic E-state index is 0.0278. The molecule has 11 heteroatoms. The van der Waals surface area contributed by atoms with Crippen molar-refractivity contribution in [2.75, 3.05) is 17.2 Å². The number of primary amides is 1. The van der Waals surface area contributed by atoms with Gasteiger partial charge < -0.3 is 5.73 Å². The molecule has 2 aromatic heterocycles. The average molecular weight is 427 g/mol. The SMILES string of the molecule is NC(=O)c1ccc(N2CC=C(NS(=O)(=O)CCc3ccc(Cl)s3)C2=O)nc1. The fourth-order valence-electron chi connectivity index (χ4n) is 2.41. The molecule has 3 heterocycles. The van der Waals surface area contributed by atoms with Crippen LogP contribution in [-0.4, -0.2) is 37.5 Å². The smallest absolute Gasteiger partial charge is 0.276 e. The molecule has 0 aromatic carbocycles. The van der Waals surface area contributed by atoms with Gasteiger partial charge in [0.1, 0.15) is 11.5 Å². The molecule has 0 radical (unpaired) electrons. The molecule has 3 rings (SSSR count). The van der Waals surface area contributed by atoms with Crippen LogP contribution in [0.1, 0.15) is 15.2 Å². The van der Waals surface area contributed by atoms with Crippen LogP contribution in [0, 0.1) is 0 Å². The summed E-state index contributed by atoms with van der Waals surface area (Å²) in [5.41, 5.74) is 5.34. The molecule has 0 bridgehead atoms. The number of amides is 2. The molecule has 0 spiro atoms. The van der Waals surface area contributed by atoms with Crippen LogP contribution in [0.2, 0.25) is 4.34 Å². The van der Waals surface area contributed by atoms with Gasteiger partial charge in [0.25, 0.3) is 5.91 Å². The van der Waals surface area contributed by atoms with E-state index in [9.17, 15) is 18.0 Å². The number of pyridine rings is 1. The van der Waals surface area contributed by atoms with Crippen LogP contribution in [0.15, 0.2) is 42.2 Å². The highest BCUT2D eigenvalue weighted by Crippen LogP contribution is 2.22. The Labute approximate surface area is 164 Å². The summed E-state index contributed by atoms with van der Waals surface area (Å²) >= 11 is 7.15. The zero-order chi connectivity index (χ0) is 19.6. The number of anilines is 1. The number of carbonyl (C=O) groups excluding carboxylic acids is 2. The van der Waals surface area contributed by atoms with Gasteiger partial charge in [0.05, 0.1) is 15.7 Å². The van der Waals surface area contributed by atoms with Gasteiger partial charge >= 0.3 is 0 Å². The zero-order valence-corrected chi connectivity index (χ0v) is 16.3. The van der Waals surface area contributed by atoms with Crippen molar-refractivity contribution < 1.29 is 18.0 Å². The largest absolute Gasteiger partial charge is 0.366 e. The number of hydrogen-bond acceptors (Lipinski definition) is 6. The van der Waals surface area contributed by atoms with E-state index >= 15 is 0 Å². The lowest BCUT2D eigenvalue weighted by atomic mass is 10.2. The third-order valence-corrected chi connectivity index (χ3v) is 6.34. The molecule has 142 valence electrons. The Morgan fingerprint density at radius 3 is 2.70 bits per heavy atom. The number of nitrogens with zero attached hydrogens (tertiary/aromatic N) is 2. The van der Waals surface area contributed by atoms with Gasteiger partial charge in [0.2, 0.25) is 15.9 Å². The highest BCUT2D eigenvalue weighted by Gasteiger charge is 2.29. The number of halogens is 1. The van der Waals surface area contributed by atoms with Gasteiger partial charge in [-0.1, -0.05) is 11.6 Å². The molecule has 2 amide bonds. The lowest BCUT2D eigenvalue weighted by Gasteiger charge is -2.16. The van der Waals surface area contributed by atoms with Crippen LogP contribution < -0.4 is 15.4 Å². The predicted octanol–water partition coefficient (Wildman–Crippen LogP) is 1.29. The lowest BCUT2D eigenvalue weighted by molar-refractivity contribution is -0.114. The molecule has 0 aliphatic carbocycles. The Morgan fingerprint density at radius 2 is 2.11 bits per heavy atom. The van der Waals surface area contributed by atoms with Gasteiger partial charge in [0, 0.05) is 17.6 Å². The summed E-state index contributed by atoms with van der Waals surface area (Å²) in [6.07, 6.45) is 3.04. The van der Waals surface area contributed by atoms with Crippen LogP contribution in [-0.2, 0) is 21.2 Å². The number of carbonyl (C=O) groups is 2. The maximum atomic E-state index is 12.5. The maximum absolute atomic E-state index is 12.5. The van der Waals surface area contributed by atoms with Gasteiger partial charge in [-0.25, -0.2) is 13.4 Å². The zero-order valence-electron chi connectivity index (χ0n) is 13.9. The maximum Gasteiger partial charge on any atom is 0.276 e. The minimum Gasteiger partial charge on any atom is -0.366 e. The molecule has 0 unspecified atom stereocenters. The van der Waals surface area contributed by atoms with Gasteiger partial charge in [-0.3, -0.25) is 19.2 Å². The second-order valence-corrected chi connectivity index (χ2v) is 9.32. The molecular weight excluding hydrogens is 412 g/mol. The van der Waals surface area contributed by atoms with Gasteiger partial charge in [0.15, 0.2) is 0 Å². The van der Waals surface area contributed by atoms with E-state index in [0.717, 1.165) is 4.88 Å². The molecule has 1 aliphatic heterocycles. The first-order valence-electron chi connectivity index (χ1n) is 7.78. The molecule has 0 fully saturated rings. The first kappa shape index (κ1) is 19.3. The molecular formula is C16H15ClN4O4S2. The van der Waals surface area contributed by atoms with Crippen LogP contribution >= 0.6 is 22.9 Å². The fourth-order valence-corrected chi connectivity index (χ4v) is 4.72. The summed E-state index contributed by atoms with van der Waals surface area (Å²) in [5, 5.41) is 0. The van der Waals surface area contributed by atoms with E-state index in [1.807, 2.05) is 0 Å². The van der Waals surface area contributed by atoms with E-state index in [4.69, 9.17) is 17.3 Å². The molecule has 0 saturated carbocycles. The Kier molecular flexibility index (Phi) is 5.49. The number of rotatable bonds is 7. The van der Waals surface area contributed by atoms with Crippen molar-refractivity contribution in [1.82, 2.24) is 9.71 Å². The first-order chi connectivity index (χ1) is 12.7. The van der Waals surface area contributed by atoms with Crippen molar-refractivity contribution in [1.29, 1.82) is 0 Å². The van der Waals surface area contributed by atoms with E-state index in [1.54, 1.807) is 12.1 Å². The Hall–Kier alpha value is -2.43. The highest BCUT2D eigenvalue weighted by atomic mass is 35.5. The van der Waals surface area contributed by atoms with Crippen LogP contribution in [0.3, 0.4) is 0 Å². The number of aryl methyl sites for hydroxylation is 1. The number of thiophene rings is 1. The number of hydrogen-bond donors (Lipinski definition) is 2. The predicted molar refractivity (Wildman–Crippen MR) is 103 cm³/mol. The highest BCUT2D eigenvalue weighted by molar-refractivity contribution is 7.89. The third kappa shape index (κ3) is 4.65. The topological polar surface area (TPSA) is 122 Å². The second-order valence-electron chi connectivity index (χ2n) is 5.68. The van der Waals surface area contributed by atoms with Crippen molar-refractivity contribution in [3.8, 4) is 0 Å². The Bertz CT molecular complexity index is 1020. The summed E-state index contributed by atoms with van der Waals surface area (Å²) in [7, 11) is -3.69. The molecule has 0 atom stereocenters. The standard InChI is InChI=1S/C16H15ClN4O4S2/c17-13-3-2-11(26-13)6-8-27(24,25)20-12-5-7-21(16(12)23)14-4-1-10(9-19-14)15(18)22/h1-5,9,20H,6-8H2,(H2,18,22). The van der Waals surface area contributed by atoms with Gasteiger partial charge in [-0.15, -0.1) is 11.3 Å². The molecule has 0 saturated heterocycles. The summed E-state index contributed by atoms with van der Waals surface area (Å²) in [6.45, 7) is 0.167. The summed E-state index contributed by atoms with van der Waals surface area (Å²) < 4.78 is 27.4. The van der Waals surface area contributed by atoms with Crippen molar-refractivity contribution in [2.24, 2.45) is 5.73 Å². The van der Waals surface area contributed by atoms with Crippen LogP contribution in [0.5, 0.6) is 0 Å². The van der Waals surface area contributed by atoms with E-state index in [1.165, 1.54) is 40.6 Å². The monoisotopic (exact) mass is 426 g/mol. The Morgan fingerprint density at radius 1 is 1.33 bits per heavy atom. The number of nitrogens with two attached hydrogens (primary N) is 1. The molecule has 1 aliphatic rings. The average Bonchev–Trinajstić information content (AvgIpc) is 3.19. The van der Waals surface area contributed by atoms with Gasteiger partial charge in [-0.05, 0) is 36.8 Å². The van der Waals surface area contributed by atoms with E-state index < -0.39 is 21.8 Å². The van der Waals surface area contributed by atoms with E-state index in [0.29, 0.717) is 16.6 Å². The van der Waals surface area contributed by atoms with Crippen LogP contribution in [0.25, 0.3) is 0 Å². The van der Waals surface area contributed by atoms with E-state index in [-0.39, 0.29) is 23.6 Å². The lowest BCUT2D eigenvalue weighted by Crippen LogP contribution is -2.34. The van der Waals surface area contributed by atoms with Gasteiger partial charge in [-0.2, -0.15) is 0 Å².